The highest BCUT2D eigenvalue weighted by molar-refractivity contribution is 6.10. The smallest absolute Gasteiger partial charge is 0.356 e. The quantitative estimate of drug-likeness (QED) is 0.395. The fourth-order valence-electron chi connectivity index (χ4n) is 3.29. The number of hydrogen-bond donors (Lipinski definition) is 0. The van der Waals surface area contributed by atoms with Gasteiger partial charge in [0, 0.05) is 21.9 Å². The summed E-state index contributed by atoms with van der Waals surface area (Å²) in [5.41, 5.74) is 2.68. The molecule has 0 fully saturated rings. The molecule has 2 aromatic carbocycles. The molecule has 27 heavy (non-hydrogen) atoms. The molecule has 0 saturated carbocycles. The number of benzene rings is 2. The van der Waals surface area contributed by atoms with Crippen molar-refractivity contribution >= 4 is 33.6 Å². The number of pyridine rings is 1. The summed E-state index contributed by atoms with van der Waals surface area (Å²) in [7, 11) is 0. The second kappa shape index (κ2) is 7.03. The minimum Gasteiger partial charge on any atom is -0.461 e. The Labute approximate surface area is 156 Å². The summed E-state index contributed by atoms with van der Waals surface area (Å²) in [5.74, 6) is -0.427. The maximum atomic E-state index is 12.7. The molecule has 2 aromatic heterocycles. The van der Waals surface area contributed by atoms with Gasteiger partial charge in [0.15, 0.2) is 5.78 Å². The normalized spacial score (nSPS) is 11.0. The van der Waals surface area contributed by atoms with Crippen LogP contribution in [0.25, 0.3) is 21.8 Å². The number of ketones is 1. The lowest BCUT2D eigenvalue weighted by molar-refractivity contribution is 0.0519. The standard InChI is InChI=1S/C22H18N2O3/c1-2-27-22(26)18-12-17-16-10-6-7-11-19(16)24(20(17)13-23-18)14-21(25)15-8-4-3-5-9-15/h3-13H,2,14H2,1H3. The first kappa shape index (κ1) is 17.0. The molecule has 5 nitrogen and oxygen atoms in total. The molecule has 0 N–H and O–H groups in total. The number of carbonyl (C=O) groups excluding carboxylic acids is 2. The molecule has 4 rings (SSSR count). The van der Waals surface area contributed by atoms with Crippen LogP contribution in [-0.2, 0) is 11.3 Å². The Kier molecular flexibility index (Phi) is 4.42. The zero-order valence-corrected chi connectivity index (χ0v) is 14.9. The number of para-hydroxylation sites is 1. The van der Waals surface area contributed by atoms with Gasteiger partial charge in [0.05, 0.1) is 24.9 Å². The van der Waals surface area contributed by atoms with Crippen LogP contribution in [-0.4, -0.2) is 27.9 Å². The van der Waals surface area contributed by atoms with Gasteiger partial charge in [0.25, 0.3) is 0 Å². The van der Waals surface area contributed by atoms with Crippen molar-refractivity contribution in [3.05, 3.63) is 78.1 Å². The van der Waals surface area contributed by atoms with Crippen LogP contribution in [0.1, 0.15) is 27.8 Å². The second-order valence-electron chi connectivity index (χ2n) is 6.20. The van der Waals surface area contributed by atoms with Crippen LogP contribution in [0.3, 0.4) is 0 Å². The van der Waals surface area contributed by atoms with Crippen molar-refractivity contribution in [3.63, 3.8) is 0 Å². The molecule has 4 aromatic rings. The summed E-state index contributed by atoms with van der Waals surface area (Å²) in [5, 5.41) is 1.85. The number of hydrogen-bond acceptors (Lipinski definition) is 4. The number of nitrogens with zero attached hydrogens (tertiary/aromatic N) is 2. The van der Waals surface area contributed by atoms with Gasteiger partial charge in [0.1, 0.15) is 5.69 Å². The summed E-state index contributed by atoms with van der Waals surface area (Å²) >= 11 is 0. The third-order valence-electron chi connectivity index (χ3n) is 4.54. The van der Waals surface area contributed by atoms with Gasteiger partial charge in [0.2, 0.25) is 0 Å². The molecule has 0 bridgehead atoms. The van der Waals surface area contributed by atoms with E-state index in [1.54, 1.807) is 19.2 Å². The van der Waals surface area contributed by atoms with Crippen molar-refractivity contribution < 1.29 is 14.3 Å². The first-order chi connectivity index (χ1) is 13.2. The van der Waals surface area contributed by atoms with Crippen molar-refractivity contribution in [2.75, 3.05) is 6.61 Å². The van der Waals surface area contributed by atoms with E-state index in [1.165, 1.54) is 0 Å². The molecule has 0 aliphatic heterocycles. The SMILES string of the molecule is CCOC(=O)c1cc2c3ccccc3n(CC(=O)c3ccccc3)c2cn1. The maximum absolute atomic E-state index is 12.7. The summed E-state index contributed by atoms with van der Waals surface area (Å²) in [6.07, 6.45) is 1.64. The molecule has 134 valence electrons. The molecular weight excluding hydrogens is 340 g/mol. The lowest BCUT2D eigenvalue weighted by Crippen LogP contribution is -2.11. The van der Waals surface area contributed by atoms with Crippen LogP contribution in [0, 0.1) is 0 Å². The Morgan fingerprint density at radius 2 is 1.70 bits per heavy atom. The predicted octanol–water partition coefficient (Wildman–Crippen LogP) is 4.25. The summed E-state index contributed by atoms with van der Waals surface area (Å²) in [4.78, 5) is 29.0. The van der Waals surface area contributed by atoms with Gasteiger partial charge < -0.3 is 9.30 Å². The fourth-order valence-corrected chi connectivity index (χ4v) is 3.29. The molecule has 0 aliphatic rings. The van der Waals surface area contributed by atoms with E-state index in [0.29, 0.717) is 12.2 Å². The van der Waals surface area contributed by atoms with Gasteiger partial charge >= 0.3 is 5.97 Å². The van der Waals surface area contributed by atoms with Gasteiger partial charge in [-0.05, 0) is 19.1 Å². The number of Topliss-reactive ketones (excluding diaryl/α,β-unsaturated/α-hetero) is 1. The molecule has 0 radical (unpaired) electrons. The molecule has 0 saturated heterocycles. The van der Waals surface area contributed by atoms with Gasteiger partial charge in [-0.15, -0.1) is 0 Å². The minimum absolute atomic E-state index is 0.0210. The van der Waals surface area contributed by atoms with Crippen LogP contribution in [0.15, 0.2) is 66.9 Å². The van der Waals surface area contributed by atoms with E-state index in [0.717, 1.165) is 21.8 Å². The van der Waals surface area contributed by atoms with Gasteiger partial charge in [-0.25, -0.2) is 9.78 Å². The largest absolute Gasteiger partial charge is 0.461 e. The molecule has 0 amide bonds. The third kappa shape index (κ3) is 3.08. The van der Waals surface area contributed by atoms with E-state index < -0.39 is 5.97 Å². The Hall–Kier alpha value is -3.47. The maximum Gasteiger partial charge on any atom is 0.356 e. The lowest BCUT2D eigenvalue weighted by Gasteiger charge is -2.07. The van der Waals surface area contributed by atoms with Crippen molar-refractivity contribution in [2.24, 2.45) is 0 Å². The summed E-state index contributed by atoms with van der Waals surface area (Å²) in [6.45, 7) is 2.26. The monoisotopic (exact) mass is 358 g/mol. The van der Waals surface area contributed by atoms with E-state index in [4.69, 9.17) is 4.74 Å². The molecule has 0 spiro atoms. The highest BCUT2D eigenvalue weighted by Crippen LogP contribution is 2.29. The average Bonchev–Trinajstić information content (AvgIpc) is 3.02. The number of ether oxygens (including phenoxy) is 1. The van der Waals surface area contributed by atoms with E-state index in [2.05, 4.69) is 4.98 Å². The first-order valence-electron chi connectivity index (χ1n) is 8.81. The Morgan fingerprint density at radius 3 is 2.48 bits per heavy atom. The van der Waals surface area contributed by atoms with Gasteiger partial charge in [-0.1, -0.05) is 48.5 Å². The Bertz CT molecular complexity index is 1150. The van der Waals surface area contributed by atoms with Crippen molar-refractivity contribution in [1.29, 1.82) is 0 Å². The van der Waals surface area contributed by atoms with E-state index in [-0.39, 0.29) is 18.0 Å². The van der Waals surface area contributed by atoms with Crippen LogP contribution in [0.5, 0.6) is 0 Å². The summed E-state index contributed by atoms with van der Waals surface area (Å²) in [6, 6.07) is 18.8. The van der Waals surface area contributed by atoms with Crippen molar-refractivity contribution in [3.8, 4) is 0 Å². The van der Waals surface area contributed by atoms with Gasteiger partial charge in [-0.3, -0.25) is 4.79 Å². The number of aromatic nitrogens is 2. The van der Waals surface area contributed by atoms with E-state index >= 15 is 0 Å². The number of esters is 1. The van der Waals surface area contributed by atoms with Crippen molar-refractivity contribution in [1.82, 2.24) is 9.55 Å². The number of rotatable bonds is 5. The predicted molar refractivity (Wildman–Crippen MR) is 104 cm³/mol. The number of fused-ring (bicyclic) bond motifs is 3. The zero-order chi connectivity index (χ0) is 18.8. The second-order valence-corrected chi connectivity index (χ2v) is 6.20. The number of carbonyl (C=O) groups is 2. The van der Waals surface area contributed by atoms with Gasteiger partial charge in [-0.2, -0.15) is 0 Å². The van der Waals surface area contributed by atoms with Crippen molar-refractivity contribution in [2.45, 2.75) is 13.5 Å². The van der Waals surface area contributed by atoms with Crippen LogP contribution in [0.4, 0.5) is 0 Å². The Morgan fingerprint density at radius 1 is 0.963 bits per heavy atom. The molecule has 2 heterocycles. The molecule has 5 heteroatoms. The van der Waals surface area contributed by atoms with Crippen LogP contribution < -0.4 is 0 Å². The fraction of sp³-hybridized carbons (Fsp3) is 0.136. The highest BCUT2D eigenvalue weighted by Gasteiger charge is 2.17. The third-order valence-corrected chi connectivity index (χ3v) is 4.54. The lowest BCUT2D eigenvalue weighted by atomic mass is 10.1. The average molecular weight is 358 g/mol. The van der Waals surface area contributed by atoms with Crippen LogP contribution in [0.2, 0.25) is 0 Å². The topological polar surface area (TPSA) is 61.2 Å². The highest BCUT2D eigenvalue weighted by atomic mass is 16.5. The van der Waals surface area contributed by atoms with E-state index in [1.807, 2.05) is 59.2 Å². The minimum atomic E-state index is -0.448. The summed E-state index contributed by atoms with van der Waals surface area (Å²) < 4.78 is 7.00. The molecule has 0 aliphatic carbocycles. The Balaban J connectivity index is 1.84. The zero-order valence-electron chi connectivity index (χ0n) is 14.9. The molecule has 0 atom stereocenters. The molecule has 0 unspecified atom stereocenters. The molecular formula is C22H18N2O3. The van der Waals surface area contributed by atoms with Crippen LogP contribution >= 0.6 is 0 Å². The van der Waals surface area contributed by atoms with E-state index in [9.17, 15) is 9.59 Å². The first-order valence-corrected chi connectivity index (χ1v) is 8.81.